The average molecular weight is 503 g/mol. The lowest BCUT2D eigenvalue weighted by Gasteiger charge is -2.25. The number of anilines is 1. The number of nitrogens with zero attached hydrogens (tertiary/aromatic N) is 2. The second-order valence-electron chi connectivity index (χ2n) is 9.58. The molecule has 0 radical (unpaired) electrons. The van der Waals surface area contributed by atoms with Crippen LogP contribution in [0.25, 0.3) is 23.3 Å². The van der Waals surface area contributed by atoms with Crippen molar-refractivity contribution in [3.8, 4) is 11.1 Å². The fourth-order valence-corrected chi connectivity index (χ4v) is 4.45. The third-order valence-corrected chi connectivity index (χ3v) is 6.68. The lowest BCUT2D eigenvalue weighted by Crippen LogP contribution is -2.25. The Morgan fingerprint density at radius 3 is 1.76 bits per heavy atom. The van der Waals surface area contributed by atoms with Gasteiger partial charge in [0.05, 0.1) is 4.92 Å². The van der Waals surface area contributed by atoms with E-state index in [1.165, 1.54) is 74.8 Å². The molecule has 0 atom stereocenters. The van der Waals surface area contributed by atoms with Crippen LogP contribution in [0.5, 0.6) is 0 Å². The zero-order valence-electron chi connectivity index (χ0n) is 22.2. The van der Waals surface area contributed by atoms with E-state index in [9.17, 15) is 14.5 Å². The minimum atomic E-state index is -0.827. The quantitative estimate of drug-likeness (QED) is 0.0899. The van der Waals surface area contributed by atoms with Gasteiger partial charge >= 0.3 is 5.69 Å². The second kappa shape index (κ2) is 14.9. The summed E-state index contributed by atoms with van der Waals surface area (Å²) in [6, 6.07) is 21.0. The van der Waals surface area contributed by atoms with Crippen LogP contribution in [-0.4, -0.2) is 18.0 Å². The standard InChI is InChI=1S/C32H39FN2O2/c1-3-5-7-9-23-34(24-10-8-6-4-2)30-20-18-29(19-21-30)28-16-13-26(14-17-28)11-12-27-15-22-32(35(36)37)31(33)25-27/h11-22,25H,3-10,23-24H2,1-2H3/b12-11+. The SMILES string of the molecule is CCCCCCN(CCCCCC)c1ccc(-c2ccc(/C=C/c3ccc([N+](=O)[O-])c(F)c3)cc2)cc1. The Morgan fingerprint density at radius 2 is 1.24 bits per heavy atom. The van der Waals surface area contributed by atoms with Gasteiger partial charge in [0.15, 0.2) is 0 Å². The smallest absolute Gasteiger partial charge is 0.304 e. The summed E-state index contributed by atoms with van der Waals surface area (Å²) in [4.78, 5) is 12.6. The van der Waals surface area contributed by atoms with Gasteiger partial charge in [0.25, 0.3) is 0 Å². The first-order valence-corrected chi connectivity index (χ1v) is 13.6. The molecule has 0 aromatic heterocycles. The predicted molar refractivity (Wildman–Crippen MR) is 154 cm³/mol. The van der Waals surface area contributed by atoms with E-state index >= 15 is 0 Å². The molecule has 0 aliphatic heterocycles. The number of nitro benzene ring substituents is 1. The molecule has 0 fully saturated rings. The lowest BCUT2D eigenvalue weighted by atomic mass is 10.0. The van der Waals surface area contributed by atoms with Crippen LogP contribution >= 0.6 is 0 Å². The molecule has 3 aromatic carbocycles. The zero-order valence-corrected chi connectivity index (χ0v) is 22.2. The Morgan fingerprint density at radius 1 is 0.730 bits per heavy atom. The van der Waals surface area contributed by atoms with Crippen LogP contribution in [0.4, 0.5) is 15.8 Å². The Labute approximate surface area is 221 Å². The highest BCUT2D eigenvalue weighted by molar-refractivity contribution is 5.73. The second-order valence-corrected chi connectivity index (χ2v) is 9.58. The van der Waals surface area contributed by atoms with Crippen molar-refractivity contribution in [2.75, 3.05) is 18.0 Å². The number of hydrogen-bond acceptors (Lipinski definition) is 3. The minimum Gasteiger partial charge on any atom is -0.372 e. The van der Waals surface area contributed by atoms with Crippen LogP contribution < -0.4 is 4.90 Å². The van der Waals surface area contributed by atoms with Gasteiger partial charge in [-0.1, -0.05) is 101 Å². The van der Waals surface area contributed by atoms with Crippen molar-refractivity contribution in [1.82, 2.24) is 0 Å². The first-order chi connectivity index (χ1) is 18.0. The summed E-state index contributed by atoms with van der Waals surface area (Å²) >= 11 is 0. The highest BCUT2D eigenvalue weighted by Crippen LogP contribution is 2.25. The summed E-state index contributed by atoms with van der Waals surface area (Å²) in [5.41, 5.74) is 4.66. The average Bonchev–Trinajstić information content (AvgIpc) is 2.91. The molecule has 0 saturated carbocycles. The maximum atomic E-state index is 13.9. The maximum Gasteiger partial charge on any atom is 0.304 e. The first kappa shape index (κ1) is 28.1. The van der Waals surface area contributed by atoms with E-state index < -0.39 is 16.4 Å². The normalized spacial score (nSPS) is 11.2. The van der Waals surface area contributed by atoms with E-state index in [0.717, 1.165) is 24.2 Å². The van der Waals surface area contributed by atoms with Gasteiger partial charge in [-0.25, -0.2) is 0 Å². The number of halogens is 1. The fraction of sp³-hybridized carbons (Fsp3) is 0.375. The Hall–Kier alpha value is -3.47. The van der Waals surface area contributed by atoms with Gasteiger partial charge in [-0.2, -0.15) is 4.39 Å². The Kier molecular flexibility index (Phi) is 11.3. The van der Waals surface area contributed by atoms with Crippen LogP contribution in [0.15, 0.2) is 66.7 Å². The predicted octanol–water partition coefficient (Wildman–Crippen LogP) is 9.54. The molecule has 0 heterocycles. The van der Waals surface area contributed by atoms with Gasteiger partial charge in [0.2, 0.25) is 5.82 Å². The summed E-state index contributed by atoms with van der Waals surface area (Å²) in [6.07, 6.45) is 13.8. The van der Waals surface area contributed by atoms with Crippen molar-refractivity contribution in [3.05, 3.63) is 93.8 Å². The van der Waals surface area contributed by atoms with Crippen molar-refractivity contribution in [3.63, 3.8) is 0 Å². The van der Waals surface area contributed by atoms with Crippen molar-refractivity contribution in [1.29, 1.82) is 0 Å². The third kappa shape index (κ3) is 8.85. The monoisotopic (exact) mass is 502 g/mol. The molecule has 0 unspecified atom stereocenters. The molecule has 0 amide bonds. The highest BCUT2D eigenvalue weighted by Gasteiger charge is 2.12. The maximum absolute atomic E-state index is 13.9. The molecular weight excluding hydrogens is 463 g/mol. The van der Waals surface area contributed by atoms with Gasteiger partial charge < -0.3 is 4.90 Å². The molecule has 0 bridgehead atoms. The molecule has 3 aromatic rings. The molecular formula is C32H39FN2O2. The highest BCUT2D eigenvalue weighted by atomic mass is 19.1. The number of benzene rings is 3. The van der Waals surface area contributed by atoms with Crippen LogP contribution in [0.2, 0.25) is 0 Å². The summed E-state index contributed by atoms with van der Waals surface area (Å²) in [5.74, 6) is -0.827. The van der Waals surface area contributed by atoms with E-state index in [-0.39, 0.29) is 0 Å². The van der Waals surface area contributed by atoms with Crippen LogP contribution in [-0.2, 0) is 0 Å². The van der Waals surface area contributed by atoms with E-state index in [1.54, 1.807) is 12.1 Å². The minimum absolute atomic E-state index is 0.511. The molecule has 0 N–H and O–H groups in total. The van der Waals surface area contributed by atoms with Crippen LogP contribution in [0.3, 0.4) is 0 Å². The van der Waals surface area contributed by atoms with E-state index in [1.807, 2.05) is 18.2 Å². The van der Waals surface area contributed by atoms with Crippen molar-refractivity contribution in [2.24, 2.45) is 0 Å². The van der Waals surface area contributed by atoms with E-state index in [2.05, 4.69) is 55.1 Å². The molecule has 4 nitrogen and oxygen atoms in total. The van der Waals surface area contributed by atoms with Crippen molar-refractivity contribution in [2.45, 2.75) is 65.2 Å². The van der Waals surface area contributed by atoms with E-state index in [4.69, 9.17) is 0 Å². The van der Waals surface area contributed by atoms with Crippen LogP contribution in [0, 0.1) is 15.9 Å². The fourth-order valence-electron chi connectivity index (χ4n) is 4.45. The number of nitro groups is 1. The summed E-state index contributed by atoms with van der Waals surface area (Å²) in [5, 5.41) is 10.8. The van der Waals surface area contributed by atoms with Crippen molar-refractivity contribution < 1.29 is 9.31 Å². The molecule has 0 spiro atoms. The van der Waals surface area contributed by atoms with Gasteiger partial charge in [0.1, 0.15) is 0 Å². The van der Waals surface area contributed by atoms with Gasteiger partial charge in [-0.3, -0.25) is 10.1 Å². The van der Waals surface area contributed by atoms with Gasteiger partial charge in [0, 0.05) is 24.8 Å². The number of hydrogen-bond donors (Lipinski definition) is 0. The Bertz CT molecular complexity index is 1130. The van der Waals surface area contributed by atoms with Gasteiger partial charge in [-0.05, 0) is 59.4 Å². The number of unbranched alkanes of at least 4 members (excludes halogenated alkanes) is 6. The topological polar surface area (TPSA) is 46.4 Å². The molecule has 3 rings (SSSR count). The Balaban J connectivity index is 1.64. The summed E-state index contributed by atoms with van der Waals surface area (Å²) in [7, 11) is 0. The van der Waals surface area contributed by atoms with Crippen molar-refractivity contribution >= 4 is 23.5 Å². The van der Waals surface area contributed by atoms with E-state index in [0.29, 0.717) is 5.56 Å². The summed E-state index contributed by atoms with van der Waals surface area (Å²) < 4.78 is 13.9. The first-order valence-electron chi connectivity index (χ1n) is 13.6. The third-order valence-electron chi connectivity index (χ3n) is 6.68. The lowest BCUT2D eigenvalue weighted by molar-refractivity contribution is -0.387. The molecule has 0 aliphatic carbocycles. The largest absolute Gasteiger partial charge is 0.372 e. The number of rotatable bonds is 15. The zero-order chi connectivity index (χ0) is 26.5. The van der Waals surface area contributed by atoms with Crippen LogP contribution in [0.1, 0.15) is 76.3 Å². The van der Waals surface area contributed by atoms with Gasteiger partial charge in [-0.15, -0.1) is 0 Å². The summed E-state index contributed by atoms with van der Waals surface area (Å²) in [6.45, 7) is 6.74. The molecule has 196 valence electrons. The molecule has 0 saturated heterocycles. The molecule has 37 heavy (non-hydrogen) atoms. The molecule has 0 aliphatic rings. The molecule has 5 heteroatoms.